The number of nitrogens with zero attached hydrogens (tertiary/aromatic N) is 4. The predicted octanol–water partition coefficient (Wildman–Crippen LogP) is 0.456. The van der Waals surface area contributed by atoms with Crippen molar-refractivity contribution in [3.8, 4) is 0 Å². The molecule has 1 aromatic heterocycles. The van der Waals surface area contributed by atoms with Crippen molar-refractivity contribution >= 4 is 23.9 Å². The first-order chi connectivity index (χ1) is 9.08. The molecule has 0 bridgehead atoms. The van der Waals surface area contributed by atoms with E-state index in [-0.39, 0.29) is 17.9 Å². The molecule has 0 radical (unpaired) electrons. The van der Waals surface area contributed by atoms with Crippen LogP contribution in [0.2, 0.25) is 0 Å². The molecule has 1 aromatic carbocycles. The van der Waals surface area contributed by atoms with Gasteiger partial charge in [0.1, 0.15) is 0 Å². The Labute approximate surface area is 110 Å². The zero-order chi connectivity index (χ0) is 13.8. The quantitative estimate of drug-likeness (QED) is 0.542. The van der Waals surface area contributed by atoms with Gasteiger partial charge < -0.3 is 17.2 Å². The van der Waals surface area contributed by atoms with E-state index in [2.05, 4.69) is 21.7 Å². The van der Waals surface area contributed by atoms with Crippen LogP contribution in [0.4, 0.5) is 11.9 Å². The van der Waals surface area contributed by atoms with Crippen LogP contribution in [0, 0.1) is 0 Å². The highest BCUT2D eigenvalue weighted by molar-refractivity contribution is 5.78. The third-order valence-electron chi connectivity index (χ3n) is 2.45. The van der Waals surface area contributed by atoms with Gasteiger partial charge in [0.05, 0.1) is 6.54 Å². The summed E-state index contributed by atoms with van der Waals surface area (Å²) in [4.78, 5) is 7.82. The summed E-state index contributed by atoms with van der Waals surface area (Å²) in [6, 6.07) is 7.86. The van der Waals surface area contributed by atoms with E-state index in [4.69, 9.17) is 17.2 Å². The molecule has 0 unspecified atom stereocenters. The molecular formula is C12H15N7. The van der Waals surface area contributed by atoms with Crippen LogP contribution >= 0.6 is 0 Å². The molecule has 0 saturated carbocycles. The van der Waals surface area contributed by atoms with Gasteiger partial charge >= 0.3 is 0 Å². The maximum Gasteiger partial charge on any atom is 0.253 e. The number of aromatic nitrogens is 3. The smallest absolute Gasteiger partial charge is 0.253 e. The maximum atomic E-state index is 5.55. The summed E-state index contributed by atoms with van der Waals surface area (Å²) < 4.78 is 1.54. The van der Waals surface area contributed by atoms with Gasteiger partial charge in [-0.05, 0) is 11.1 Å². The van der Waals surface area contributed by atoms with E-state index in [9.17, 15) is 0 Å². The second-order valence-electron chi connectivity index (χ2n) is 3.91. The monoisotopic (exact) mass is 257 g/mol. The lowest BCUT2D eigenvalue weighted by Gasteiger charge is -2.03. The van der Waals surface area contributed by atoms with Gasteiger partial charge in [-0.2, -0.15) is 9.98 Å². The van der Waals surface area contributed by atoms with E-state index in [1.54, 1.807) is 6.08 Å². The van der Waals surface area contributed by atoms with Crippen molar-refractivity contribution in [1.82, 2.24) is 14.8 Å². The summed E-state index contributed by atoms with van der Waals surface area (Å²) >= 11 is 0. The number of nitrogens with two attached hydrogens (primary N) is 3. The molecule has 98 valence electrons. The summed E-state index contributed by atoms with van der Waals surface area (Å²) in [5.74, 6) is 0.323. The largest absolute Gasteiger partial charge is 0.370 e. The van der Waals surface area contributed by atoms with Crippen molar-refractivity contribution < 1.29 is 0 Å². The molecule has 0 fully saturated rings. The van der Waals surface area contributed by atoms with Crippen LogP contribution in [0.5, 0.6) is 0 Å². The molecule has 7 heteroatoms. The van der Waals surface area contributed by atoms with Crippen molar-refractivity contribution in [2.24, 2.45) is 16.5 Å². The fourth-order valence-electron chi connectivity index (χ4n) is 1.59. The second kappa shape index (κ2) is 5.21. The van der Waals surface area contributed by atoms with Gasteiger partial charge in [-0.1, -0.05) is 36.9 Å². The van der Waals surface area contributed by atoms with Gasteiger partial charge in [0.15, 0.2) is 5.96 Å². The summed E-state index contributed by atoms with van der Waals surface area (Å²) in [5.41, 5.74) is 18.3. The summed E-state index contributed by atoms with van der Waals surface area (Å²) in [5, 5.41) is 4.05. The van der Waals surface area contributed by atoms with Gasteiger partial charge in [-0.25, -0.2) is 4.68 Å². The van der Waals surface area contributed by atoms with E-state index in [1.165, 1.54) is 4.68 Å². The zero-order valence-corrected chi connectivity index (χ0v) is 10.3. The molecule has 0 amide bonds. The van der Waals surface area contributed by atoms with Gasteiger partial charge in [0.25, 0.3) is 5.95 Å². The van der Waals surface area contributed by atoms with Crippen LogP contribution in [-0.4, -0.2) is 20.7 Å². The molecule has 0 spiro atoms. The molecule has 0 aliphatic carbocycles. The number of anilines is 1. The first-order valence-electron chi connectivity index (χ1n) is 5.60. The predicted molar refractivity (Wildman–Crippen MR) is 75.5 cm³/mol. The van der Waals surface area contributed by atoms with E-state index in [1.807, 2.05) is 24.3 Å². The Morgan fingerprint density at radius 2 is 2.00 bits per heavy atom. The molecule has 6 N–H and O–H groups in total. The maximum absolute atomic E-state index is 5.55. The molecule has 7 nitrogen and oxygen atoms in total. The minimum absolute atomic E-state index is 0.0874. The minimum atomic E-state index is -0.0874. The standard InChI is InChI=1S/C12H15N7/c1-2-8-3-5-9(6-4-8)7-19-12(16-10(13)14)17-11(15)18-19/h2-6H,1,7H2,(H6,13,14,15,16,17,18). The Balaban J connectivity index is 2.27. The molecule has 0 aliphatic rings. The first-order valence-corrected chi connectivity index (χ1v) is 5.60. The van der Waals surface area contributed by atoms with Gasteiger partial charge in [-0.15, -0.1) is 5.10 Å². The molecular weight excluding hydrogens is 242 g/mol. The lowest BCUT2D eigenvalue weighted by Crippen LogP contribution is -2.22. The van der Waals surface area contributed by atoms with Crippen LogP contribution in [-0.2, 0) is 6.54 Å². The summed E-state index contributed by atoms with van der Waals surface area (Å²) in [7, 11) is 0. The number of hydrogen-bond acceptors (Lipinski definition) is 4. The van der Waals surface area contributed by atoms with Gasteiger partial charge in [-0.3, -0.25) is 0 Å². The van der Waals surface area contributed by atoms with E-state index in [0.29, 0.717) is 6.54 Å². The molecule has 1 heterocycles. The van der Waals surface area contributed by atoms with Crippen LogP contribution in [0.3, 0.4) is 0 Å². The average molecular weight is 257 g/mol. The van der Waals surface area contributed by atoms with Crippen molar-refractivity contribution in [2.45, 2.75) is 6.54 Å². The number of benzene rings is 1. The van der Waals surface area contributed by atoms with Gasteiger partial charge in [0.2, 0.25) is 5.95 Å². The van der Waals surface area contributed by atoms with Crippen LogP contribution in [0.1, 0.15) is 11.1 Å². The molecule has 0 aliphatic heterocycles. The highest BCUT2D eigenvalue weighted by Crippen LogP contribution is 2.13. The molecule has 0 atom stereocenters. The van der Waals surface area contributed by atoms with Crippen molar-refractivity contribution in [1.29, 1.82) is 0 Å². The number of rotatable bonds is 4. The van der Waals surface area contributed by atoms with E-state index in [0.717, 1.165) is 11.1 Å². The third-order valence-corrected chi connectivity index (χ3v) is 2.45. The number of hydrogen-bond donors (Lipinski definition) is 3. The highest BCUT2D eigenvalue weighted by atomic mass is 15.4. The number of nitrogen functional groups attached to an aromatic ring is 1. The Hall–Kier alpha value is -2.83. The first kappa shape index (κ1) is 12.6. The average Bonchev–Trinajstić information content (AvgIpc) is 2.69. The highest BCUT2D eigenvalue weighted by Gasteiger charge is 2.07. The molecule has 2 aromatic rings. The lowest BCUT2D eigenvalue weighted by molar-refractivity contribution is 0.691. The minimum Gasteiger partial charge on any atom is -0.370 e. The van der Waals surface area contributed by atoms with E-state index >= 15 is 0 Å². The second-order valence-corrected chi connectivity index (χ2v) is 3.91. The van der Waals surface area contributed by atoms with Crippen molar-refractivity contribution in [3.63, 3.8) is 0 Å². The Kier molecular flexibility index (Phi) is 3.46. The molecule has 2 rings (SSSR count). The zero-order valence-electron chi connectivity index (χ0n) is 10.3. The Morgan fingerprint density at radius 3 is 2.58 bits per heavy atom. The normalized spacial score (nSPS) is 10.1. The Morgan fingerprint density at radius 1 is 1.32 bits per heavy atom. The van der Waals surface area contributed by atoms with Crippen LogP contribution in [0.15, 0.2) is 35.8 Å². The van der Waals surface area contributed by atoms with E-state index < -0.39 is 0 Å². The summed E-state index contributed by atoms with van der Waals surface area (Å²) in [6.45, 7) is 4.18. The lowest BCUT2D eigenvalue weighted by atomic mass is 10.1. The molecule has 0 saturated heterocycles. The van der Waals surface area contributed by atoms with Crippen molar-refractivity contribution in [3.05, 3.63) is 42.0 Å². The molecule has 19 heavy (non-hydrogen) atoms. The third kappa shape index (κ3) is 3.09. The fourth-order valence-corrected chi connectivity index (χ4v) is 1.59. The Bertz CT molecular complexity index is 606. The number of guanidine groups is 1. The SMILES string of the molecule is C=Cc1ccc(Cn2nc(N)nc2N=C(N)N)cc1. The summed E-state index contributed by atoms with van der Waals surface area (Å²) in [6.07, 6.45) is 1.78. The fraction of sp³-hybridized carbons (Fsp3) is 0.0833. The number of aliphatic imine (C=N–C) groups is 1. The van der Waals surface area contributed by atoms with Crippen LogP contribution < -0.4 is 17.2 Å². The topological polar surface area (TPSA) is 121 Å². The van der Waals surface area contributed by atoms with Gasteiger partial charge in [0, 0.05) is 0 Å². The van der Waals surface area contributed by atoms with Crippen LogP contribution in [0.25, 0.3) is 6.08 Å². The van der Waals surface area contributed by atoms with Crippen molar-refractivity contribution in [2.75, 3.05) is 5.73 Å².